The number of carbonyl (C=O) groups excluding carboxylic acids is 1. The minimum atomic E-state index is -3.99. The molecule has 2 aromatic heterocycles. The fourth-order valence-electron chi connectivity index (χ4n) is 1.89. The summed E-state index contributed by atoms with van der Waals surface area (Å²) in [4.78, 5) is 12.0. The fourth-order valence-corrected chi connectivity index (χ4v) is 4.76. The van der Waals surface area contributed by atoms with Crippen LogP contribution in [0, 0.1) is 12.3 Å². The van der Waals surface area contributed by atoms with Gasteiger partial charge in [0.2, 0.25) is 16.2 Å². The number of rotatable bonds is 5. The first kappa shape index (κ1) is 20.3. The molecule has 1 amide bonds. The molecule has 1 aromatic carbocycles. The van der Waals surface area contributed by atoms with Gasteiger partial charge in [-0.2, -0.15) is 8.42 Å². The van der Waals surface area contributed by atoms with Gasteiger partial charge in [-0.1, -0.05) is 73.3 Å². The Morgan fingerprint density at radius 1 is 0.964 bits per heavy atom. The summed E-state index contributed by atoms with van der Waals surface area (Å²) < 4.78 is 27.1. The van der Waals surface area contributed by atoms with Crippen LogP contribution in [0.5, 0.6) is 0 Å². The Kier molecular flexibility index (Phi) is 5.46. The van der Waals surface area contributed by atoms with Crippen LogP contribution in [0.4, 0.5) is 10.3 Å². The van der Waals surface area contributed by atoms with Gasteiger partial charge >= 0.3 is 0 Å². The van der Waals surface area contributed by atoms with Gasteiger partial charge < -0.3 is 5.32 Å². The summed E-state index contributed by atoms with van der Waals surface area (Å²) in [7, 11) is -3.99. The molecule has 0 unspecified atom stereocenters. The van der Waals surface area contributed by atoms with Gasteiger partial charge in [0.1, 0.15) is 5.01 Å². The van der Waals surface area contributed by atoms with Crippen molar-refractivity contribution in [2.75, 3.05) is 10.0 Å². The molecule has 2 heterocycles. The summed E-state index contributed by atoms with van der Waals surface area (Å²) >= 11 is 1.87. The Balaban J connectivity index is 1.74. The molecular formula is C16H18N6O3S3. The largest absolute Gasteiger partial charge is 0.300 e. The number of anilines is 2. The standard InChI is InChI=1S/C16H18N6O3S3/c1-9-5-7-10(8-6-9)11-18-20-14(26-11)22-28(24,25)15-21-19-13(27-15)17-12(23)16(2,3)4/h5-8H,1-4H3,(H,20,22)(H,17,19,23). The number of carbonyl (C=O) groups is 1. The molecule has 9 nitrogen and oxygen atoms in total. The predicted molar refractivity (Wildman–Crippen MR) is 109 cm³/mol. The third kappa shape index (κ3) is 4.69. The highest BCUT2D eigenvalue weighted by molar-refractivity contribution is 7.94. The summed E-state index contributed by atoms with van der Waals surface area (Å²) in [5.74, 6) is -0.285. The Hall–Kier alpha value is -2.44. The van der Waals surface area contributed by atoms with Crippen molar-refractivity contribution in [3.05, 3.63) is 29.8 Å². The molecule has 0 saturated heterocycles. The predicted octanol–water partition coefficient (Wildman–Crippen LogP) is 3.15. The number of aromatic nitrogens is 4. The maximum atomic E-state index is 12.5. The summed E-state index contributed by atoms with van der Waals surface area (Å²) in [6, 6.07) is 7.66. The maximum Gasteiger partial charge on any atom is 0.293 e. The third-order valence-corrected chi connectivity index (χ3v) is 7.05. The molecule has 3 rings (SSSR count). The van der Waals surface area contributed by atoms with E-state index in [0.29, 0.717) is 5.01 Å². The van der Waals surface area contributed by atoms with Crippen molar-refractivity contribution in [2.24, 2.45) is 5.41 Å². The maximum absolute atomic E-state index is 12.5. The molecule has 0 aliphatic rings. The van der Waals surface area contributed by atoms with Gasteiger partial charge in [0, 0.05) is 11.0 Å². The number of benzene rings is 1. The molecule has 0 aliphatic heterocycles. The van der Waals surface area contributed by atoms with Crippen molar-refractivity contribution < 1.29 is 13.2 Å². The molecule has 0 radical (unpaired) electrons. The number of hydrogen-bond donors (Lipinski definition) is 2. The van der Waals surface area contributed by atoms with Crippen molar-refractivity contribution >= 4 is 48.9 Å². The molecule has 12 heteroatoms. The van der Waals surface area contributed by atoms with Gasteiger partial charge in [-0.3, -0.25) is 9.52 Å². The highest BCUT2D eigenvalue weighted by atomic mass is 32.2. The number of sulfonamides is 1. The van der Waals surface area contributed by atoms with Crippen LogP contribution < -0.4 is 10.0 Å². The van der Waals surface area contributed by atoms with E-state index in [-0.39, 0.29) is 20.5 Å². The van der Waals surface area contributed by atoms with Crippen LogP contribution in [0.15, 0.2) is 28.6 Å². The number of nitrogens with one attached hydrogen (secondary N) is 2. The summed E-state index contributed by atoms with van der Waals surface area (Å²) in [5.41, 5.74) is 1.32. The Morgan fingerprint density at radius 3 is 2.25 bits per heavy atom. The van der Waals surface area contributed by atoms with E-state index in [0.717, 1.165) is 33.8 Å². The molecule has 148 valence electrons. The van der Waals surface area contributed by atoms with Crippen molar-refractivity contribution in [2.45, 2.75) is 32.0 Å². The molecule has 0 atom stereocenters. The third-order valence-electron chi connectivity index (χ3n) is 3.48. The smallest absolute Gasteiger partial charge is 0.293 e. The number of aryl methyl sites for hydroxylation is 1. The molecule has 3 aromatic rings. The molecular weight excluding hydrogens is 420 g/mol. The Bertz CT molecular complexity index is 1100. The lowest BCUT2D eigenvalue weighted by Crippen LogP contribution is -2.27. The summed E-state index contributed by atoms with van der Waals surface area (Å²) in [6.07, 6.45) is 0. The summed E-state index contributed by atoms with van der Waals surface area (Å²) in [6.45, 7) is 7.20. The molecule has 0 bridgehead atoms. The second-order valence-corrected chi connectivity index (χ2v) is 10.8. The van der Waals surface area contributed by atoms with E-state index in [1.54, 1.807) is 20.8 Å². The minimum Gasteiger partial charge on any atom is -0.300 e. The van der Waals surface area contributed by atoms with Crippen LogP contribution in [0.25, 0.3) is 10.6 Å². The SMILES string of the molecule is Cc1ccc(-c2nnc(NS(=O)(=O)c3nnc(NC(=O)C(C)(C)C)s3)s2)cc1. The van der Waals surface area contributed by atoms with Gasteiger partial charge in [0.05, 0.1) is 0 Å². The van der Waals surface area contributed by atoms with Gasteiger partial charge in [0.15, 0.2) is 0 Å². The van der Waals surface area contributed by atoms with Crippen LogP contribution >= 0.6 is 22.7 Å². The van der Waals surface area contributed by atoms with Crippen LogP contribution in [0.2, 0.25) is 0 Å². The topological polar surface area (TPSA) is 127 Å². The average Bonchev–Trinajstić information content (AvgIpc) is 3.24. The van der Waals surface area contributed by atoms with Crippen molar-refractivity contribution in [1.82, 2.24) is 20.4 Å². The molecule has 2 N–H and O–H groups in total. The minimum absolute atomic E-state index is 0.109. The van der Waals surface area contributed by atoms with Crippen molar-refractivity contribution in [1.29, 1.82) is 0 Å². The van der Waals surface area contributed by atoms with Crippen LogP contribution in [0.1, 0.15) is 26.3 Å². The molecule has 28 heavy (non-hydrogen) atoms. The molecule has 0 spiro atoms. The highest BCUT2D eigenvalue weighted by Crippen LogP contribution is 2.29. The lowest BCUT2D eigenvalue weighted by atomic mass is 9.96. The van der Waals surface area contributed by atoms with Crippen molar-refractivity contribution in [3.8, 4) is 10.6 Å². The first-order valence-corrected chi connectivity index (χ1v) is 11.2. The van der Waals surface area contributed by atoms with Crippen LogP contribution in [-0.2, 0) is 14.8 Å². The van der Waals surface area contributed by atoms with Gasteiger partial charge in [-0.05, 0) is 6.92 Å². The van der Waals surface area contributed by atoms with Gasteiger partial charge in [-0.15, -0.1) is 20.4 Å². The van der Waals surface area contributed by atoms with E-state index in [1.807, 2.05) is 31.2 Å². The van der Waals surface area contributed by atoms with E-state index in [2.05, 4.69) is 30.4 Å². The zero-order chi connectivity index (χ0) is 20.5. The summed E-state index contributed by atoms with van der Waals surface area (Å²) in [5, 5.41) is 18.6. The normalized spacial score (nSPS) is 12.0. The average molecular weight is 439 g/mol. The zero-order valence-electron chi connectivity index (χ0n) is 15.5. The molecule has 0 aliphatic carbocycles. The first-order valence-electron chi connectivity index (χ1n) is 8.13. The second-order valence-electron chi connectivity index (χ2n) is 6.96. The quantitative estimate of drug-likeness (QED) is 0.586. The van der Waals surface area contributed by atoms with E-state index < -0.39 is 15.4 Å². The fraction of sp³-hybridized carbons (Fsp3) is 0.312. The van der Waals surface area contributed by atoms with Gasteiger partial charge in [0.25, 0.3) is 14.4 Å². The Morgan fingerprint density at radius 2 is 1.61 bits per heavy atom. The van der Waals surface area contributed by atoms with Crippen molar-refractivity contribution in [3.63, 3.8) is 0 Å². The molecule has 0 fully saturated rings. The Labute approximate surface area is 170 Å². The number of hydrogen-bond acceptors (Lipinski definition) is 9. The van der Waals surface area contributed by atoms with Crippen LogP contribution in [0.3, 0.4) is 0 Å². The zero-order valence-corrected chi connectivity index (χ0v) is 18.0. The monoisotopic (exact) mass is 438 g/mol. The highest BCUT2D eigenvalue weighted by Gasteiger charge is 2.26. The van der Waals surface area contributed by atoms with E-state index in [9.17, 15) is 13.2 Å². The van der Waals surface area contributed by atoms with E-state index >= 15 is 0 Å². The number of amides is 1. The van der Waals surface area contributed by atoms with Gasteiger partial charge in [-0.25, -0.2) is 0 Å². The lowest BCUT2D eigenvalue weighted by Gasteiger charge is -2.15. The van der Waals surface area contributed by atoms with E-state index in [4.69, 9.17) is 0 Å². The van der Waals surface area contributed by atoms with E-state index in [1.165, 1.54) is 0 Å². The molecule has 0 saturated carbocycles. The lowest BCUT2D eigenvalue weighted by molar-refractivity contribution is -0.123. The first-order chi connectivity index (χ1) is 13.0. The second kappa shape index (κ2) is 7.53. The number of nitrogens with zero attached hydrogens (tertiary/aromatic N) is 4. The van der Waals surface area contributed by atoms with Crippen LogP contribution in [-0.4, -0.2) is 34.7 Å².